The number of hydrogen-bond acceptors (Lipinski definition) is 2. The van der Waals surface area contributed by atoms with E-state index in [0.29, 0.717) is 0 Å². The summed E-state index contributed by atoms with van der Waals surface area (Å²) >= 11 is 0. The minimum atomic E-state index is 0. The summed E-state index contributed by atoms with van der Waals surface area (Å²) in [5.74, 6) is 0.886. The van der Waals surface area contributed by atoms with E-state index in [1.54, 1.807) is 0 Å². The molecule has 0 atom stereocenters. The van der Waals surface area contributed by atoms with Crippen LogP contribution in [0.15, 0.2) is 0 Å². The molecule has 0 aliphatic carbocycles. The average Bonchev–Trinajstić information content (AvgIpc) is 3.10. The fourth-order valence-electron chi connectivity index (χ4n) is 4.28. The van der Waals surface area contributed by atoms with Gasteiger partial charge in [0, 0.05) is 24.1 Å². The number of hydrogen-bond donors (Lipinski definition) is 0. The van der Waals surface area contributed by atoms with Gasteiger partial charge in [0.25, 0.3) is 5.91 Å². The summed E-state index contributed by atoms with van der Waals surface area (Å²) in [6.07, 6.45) is 0. The van der Waals surface area contributed by atoms with Gasteiger partial charge in [-0.2, -0.15) is 0 Å². The molecule has 1 aromatic heterocycles. The van der Waals surface area contributed by atoms with Gasteiger partial charge in [0.1, 0.15) is 5.82 Å². The molecule has 0 saturated carbocycles. The van der Waals surface area contributed by atoms with Gasteiger partial charge in [0.15, 0.2) is 0 Å². The Balaban J connectivity index is 0.00000196. The van der Waals surface area contributed by atoms with Crippen LogP contribution in [0, 0.1) is 55.4 Å². The van der Waals surface area contributed by atoms with Gasteiger partial charge >= 0.3 is 0 Å². The number of fused-ring (bicyclic) bond motifs is 5. The smallest absolute Gasteiger partial charge is 0.265 e. The van der Waals surface area contributed by atoms with E-state index in [0.717, 1.165) is 39.1 Å². The summed E-state index contributed by atoms with van der Waals surface area (Å²) in [6.45, 7) is 16.9. The standard InChI is InChI=1S/C22H24N2O.V/c1-9-10(2)14(6)18-17(13(9)5)21-23-19-15(7)11(3)12(4)16(8)20(19)24(21)22(18)25;/h1-8H3;. The minimum Gasteiger partial charge on any atom is -0.268 e. The molecule has 0 spiro atoms. The van der Waals surface area contributed by atoms with Crippen LogP contribution in [0.2, 0.25) is 0 Å². The molecule has 0 bridgehead atoms. The SMILES string of the molecule is Cc1c(C)c(C)c2c(c1C)C(=O)n1c-2nc2c(C)c(C)c(C)c(C)c21.[V]. The molecule has 1 radical (unpaired) electrons. The third kappa shape index (κ3) is 2.02. The van der Waals surface area contributed by atoms with E-state index < -0.39 is 0 Å². The maximum Gasteiger partial charge on any atom is 0.265 e. The van der Waals surface area contributed by atoms with Crippen molar-refractivity contribution in [2.45, 2.75) is 55.4 Å². The summed E-state index contributed by atoms with van der Waals surface area (Å²) in [7, 11) is 0. The van der Waals surface area contributed by atoms with Gasteiger partial charge in [-0.15, -0.1) is 0 Å². The summed E-state index contributed by atoms with van der Waals surface area (Å²) in [6, 6.07) is 0. The first-order valence-corrected chi connectivity index (χ1v) is 8.82. The summed E-state index contributed by atoms with van der Waals surface area (Å²) in [5.41, 5.74) is 13.4. The molecule has 4 rings (SSSR count). The normalized spacial score (nSPS) is 12.4. The van der Waals surface area contributed by atoms with E-state index in [1.807, 2.05) is 4.57 Å². The fourth-order valence-corrected chi connectivity index (χ4v) is 4.28. The largest absolute Gasteiger partial charge is 0.268 e. The second-order valence-corrected chi connectivity index (χ2v) is 7.52. The van der Waals surface area contributed by atoms with Crippen molar-refractivity contribution in [1.82, 2.24) is 9.55 Å². The number of carbonyl (C=O) groups excluding carboxylic acids is 1. The van der Waals surface area contributed by atoms with Crippen molar-refractivity contribution >= 4 is 16.9 Å². The molecule has 2 aromatic carbocycles. The Morgan fingerprint density at radius 3 is 1.65 bits per heavy atom. The quantitative estimate of drug-likeness (QED) is 0.420. The van der Waals surface area contributed by atoms with Crippen molar-refractivity contribution < 1.29 is 23.4 Å². The van der Waals surface area contributed by atoms with Gasteiger partial charge in [0.2, 0.25) is 0 Å². The molecule has 1 aliphatic heterocycles. The Kier molecular flexibility index (Phi) is 4.25. The van der Waals surface area contributed by atoms with Gasteiger partial charge in [0.05, 0.1) is 16.6 Å². The Morgan fingerprint density at radius 1 is 0.615 bits per heavy atom. The number of aromatic nitrogens is 2. The molecule has 3 nitrogen and oxygen atoms in total. The van der Waals surface area contributed by atoms with Crippen LogP contribution in [0.4, 0.5) is 0 Å². The van der Waals surface area contributed by atoms with Crippen molar-refractivity contribution in [3.8, 4) is 11.4 Å². The first kappa shape index (κ1) is 18.9. The average molecular weight is 383 g/mol. The molecule has 0 unspecified atom stereocenters. The third-order valence-electron chi connectivity index (χ3n) is 6.60. The zero-order chi connectivity index (χ0) is 18.4. The summed E-state index contributed by atoms with van der Waals surface area (Å²) in [5, 5.41) is 0. The van der Waals surface area contributed by atoms with Crippen LogP contribution in [0.5, 0.6) is 0 Å². The van der Waals surface area contributed by atoms with E-state index in [-0.39, 0.29) is 24.5 Å². The molecule has 26 heavy (non-hydrogen) atoms. The molecule has 0 fully saturated rings. The van der Waals surface area contributed by atoms with Crippen LogP contribution in [-0.2, 0) is 18.6 Å². The number of benzene rings is 2. The Morgan fingerprint density at radius 2 is 1.08 bits per heavy atom. The topological polar surface area (TPSA) is 34.9 Å². The first-order valence-electron chi connectivity index (χ1n) is 8.82. The molecule has 133 valence electrons. The second kappa shape index (κ2) is 5.83. The number of rotatable bonds is 0. The summed E-state index contributed by atoms with van der Waals surface area (Å²) in [4.78, 5) is 18.3. The second-order valence-electron chi connectivity index (χ2n) is 7.52. The van der Waals surface area contributed by atoms with E-state index in [1.165, 1.54) is 33.4 Å². The molecule has 0 amide bonds. The fraction of sp³-hybridized carbons (Fsp3) is 0.364. The van der Waals surface area contributed by atoms with Gasteiger partial charge in [-0.3, -0.25) is 9.36 Å². The van der Waals surface area contributed by atoms with Crippen LogP contribution >= 0.6 is 0 Å². The summed E-state index contributed by atoms with van der Waals surface area (Å²) < 4.78 is 1.85. The van der Waals surface area contributed by atoms with E-state index in [9.17, 15) is 4.79 Å². The molecule has 3 aromatic rings. The predicted molar refractivity (Wildman–Crippen MR) is 103 cm³/mol. The van der Waals surface area contributed by atoms with Crippen molar-refractivity contribution in [1.29, 1.82) is 0 Å². The monoisotopic (exact) mass is 383 g/mol. The maximum atomic E-state index is 13.4. The van der Waals surface area contributed by atoms with Crippen LogP contribution in [-0.4, -0.2) is 15.5 Å². The Bertz CT molecular complexity index is 1140. The zero-order valence-corrected chi connectivity index (χ0v) is 18.1. The van der Waals surface area contributed by atoms with E-state index in [2.05, 4.69) is 55.4 Å². The molecule has 0 saturated heterocycles. The molecule has 2 heterocycles. The van der Waals surface area contributed by atoms with E-state index >= 15 is 0 Å². The third-order valence-corrected chi connectivity index (χ3v) is 6.60. The van der Waals surface area contributed by atoms with Gasteiger partial charge in [-0.1, -0.05) is 0 Å². The number of imidazole rings is 1. The molecular formula is C22H24N2OV. The molecule has 0 N–H and O–H groups in total. The molecule has 1 aliphatic rings. The number of aryl methyl sites for hydroxylation is 2. The van der Waals surface area contributed by atoms with Gasteiger partial charge in [-0.05, 0) is 99.9 Å². The maximum absolute atomic E-state index is 13.4. The number of carbonyl (C=O) groups is 1. The zero-order valence-electron chi connectivity index (χ0n) is 16.7. The molecule has 4 heteroatoms. The van der Waals surface area contributed by atoms with Crippen LogP contribution in [0.1, 0.15) is 54.9 Å². The van der Waals surface area contributed by atoms with Gasteiger partial charge < -0.3 is 0 Å². The Hall–Kier alpha value is -1.84. The van der Waals surface area contributed by atoms with Crippen LogP contribution in [0.25, 0.3) is 22.4 Å². The first-order chi connectivity index (χ1) is 11.7. The van der Waals surface area contributed by atoms with Crippen LogP contribution in [0.3, 0.4) is 0 Å². The van der Waals surface area contributed by atoms with E-state index in [4.69, 9.17) is 4.98 Å². The molecular weight excluding hydrogens is 359 g/mol. The van der Waals surface area contributed by atoms with Crippen molar-refractivity contribution in [3.05, 3.63) is 50.1 Å². The van der Waals surface area contributed by atoms with Crippen molar-refractivity contribution in [3.63, 3.8) is 0 Å². The van der Waals surface area contributed by atoms with Crippen molar-refractivity contribution in [2.75, 3.05) is 0 Å². The predicted octanol–water partition coefficient (Wildman–Crippen LogP) is 5.17. The van der Waals surface area contributed by atoms with Crippen molar-refractivity contribution in [2.24, 2.45) is 0 Å². The van der Waals surface area contributed by atoms with Crippen LogP contribution < -0.4 is 0 Å². The number of nitrogens with zero attached hydrogens (tertiary/aromatic N) is 2. The minimum absolute atomic E-state index is 0. The Labute approximate surface area is 166 Å². The van der Waals surface area contributed by atoms with Gasteiger partial charge in [-0.25, -0.2) is 4.98 Å².